The summed E-state index contributed by atoms with van der Waals surface area (Å²) in [5.74, 6) is -0.380. The van der Waals surface area contributed by atoms with Crippen LogP contribution >= 0.6 is 11.6 Å². The molecule has 3 rings (SSSR count). The minimum atomic E-state index is -0.658. The van der Waals surface area contributed by atoms with Crippen LogP contribution in [0.5, 0.6) is 5.75 Å². The van der Waals surface area contributed by atoms with Crippen molar-refractivity contribution < 1.29 is 19.1 Å². The number of carbonyl (C=O) groups excluding carboxylic acids is 3. The Morgan fingerprint density at radius 3 is 2.29 bits per heavy atom. The van der Waals surface area contributed by atoms with Gasteiger partial charge in [-0.2, -0.15) is 0 Å². The molecule has 1 heterocycles. The highest BCUT2D eigenvalue weighted by Gasteiger charge is 2.39. The van der Waals surface area contributed by atoms with Crippen molar-refractivity contribution in [1.82, 2.24) is 0 Å². The number of amides is 2. The van der Waals surface area contributed by atoms with Crippen LogP contribution in [-0.2, 0) is 14.4 Å². The number of imide groups is 1. The molecule has 6 heteroatoms. The smallest absolute Gasteiger partial charge is 0.261 e. The average molecular weight is 348 g/mol. The SMILES string of the molecule is CC(=O)C(C)Oc1cc(N2C(=O)C3=C(CCCC3)C2=O)ccc1Cl. The van der Waals surface area contributed by atoms with Gasteiger partial charge in [0.1, 0.15) is 5.75 Å². The monoisotopic (exact) mass is 347 g/mol. The molecule has 0 fully saturated rings. The van der Waals surface area contributed by atoms with Crippen molar-refractivity contribution in [3.8, 4) is 5.75 Å². The average Bonchev–Trinajstić information content (AvgIpc) is 2.81. The summed E-state index contributed by atoms with van der Waals surface area (Å²) in [6.07, 6.45) is 2.49. The normalized spacial score (nSPS) is 18.7. The Morgan fingerprint density at radius 2 is 1.75 bits per heavy atom. The molecule has 1 atom stereocenters. The van der Waals surface area contributed by atoms with E-state index in [1.165, 1.54) is 17.9 Å². The van der Waals surface area contributed by atoms with Crippen LogP contribution < -0.4 is 9.64 Å². The van der Waals surface area contributed by atoms with E-state index in [-0.39, 0.29) is 23.3 Å². The van der Waals surface area contributed by atoms with E-state index in [2.05, 4.69) is 0 Å². The number of ether oxygens (including phenoxy) is 1. The fourth-order valence-electron chi connectivity index (χ4n) is 2.97. The standard InChI is InChI=1S/C18H18ClNO4/c1-10(21)11(2)24-16-9-12(7-8-15(16)19)20-17(22)13-5-3-4-6-14(13)18(20)23/h7-9,11H,3-6H2,1-2H3. The van der Waals surface area contributed by atoms with Crippen LogP contribution in [0.3, 0.4) is 0 Å². The van der Waals surface area contributed by atoms with Gasteiger partial charge in [0.05, 0.1) is 10.7 Å². The first-order chi connectivity index (χ1) is 11.4. The van der Waals surface area contributed by atoms with E-state index in [9.17, 15) is 14.4 Å². The Hall–Kier alpha value is -2.14. The lowest BCUT2D eigenvalue weighted by Gasteiger charge is -2.18. The molecule has 1 aliphatic heterocycles. The molecular formula is C18H18ClNO4. The maximum Gasteiger partial charge on any atom is 0.261 e. The predicted octanol–water partition coefficient (Wildman–Crippen LogP) is 3.44. The lowest BCUT2D eigenvalue weighted by molar-refractivity contribution is -0.123. The van der Waals surface area contributed by atoms with E-state index in [1.54, 1.807) is 19.1 Å². The quantitative estimate of drug-likeness (QED) is 0.783. The molecule has 2 amide bonds. The molecule has 0 saturated carbocycles. The third kappa shape index (κ3) is 2.84. The van der Waals surface area contributed by atoms with E-state index in [0.29, 0.717) is 34.7 Å². The summed E-state index contributed by atoms with van der Waals surface area (Å²) in [4.78, 5) is 37.8. The highest BCUT2D eigenvalue weighted by Crippen LogP contribution is 2.38. The Bertz CT molecular complexity index is 740. The van der Waals surface area contributed by atoms with E-state index < -0.39 is 6.10 Å². The van der Waals surface area contributed by atoms with Crippen LogP contribution in [0.15, 0.2) is 29.3 Å². The predicted molar refractivity (Wildman–Crippen MR) is 90.2 cm³/mol. The van der Waals surface area contributed by atoms with Crippen molar-refractivity contribution in [2.75, 3.05) is 4.90 Å². The number of hydrogen-bond donors (Lipinski definition) is 0. The number of nitrogens with zero attached hydrogens (tertiary/aromatic N) is 1. The highest BCUT2D eigenvalue weighted by atomic mass is 35.5. The fourth-order valence-corrected chi connectivity index (χ4v) is 3.13. The zero-order valence-electron chi connectivity index (χ0n) is 13.6. The number of carbonyl (C=O) groups is 3. The molecular weight excluding hydrogens is 330 g/mol. The molecule has 1 aliphatic carbocycles. The molecule has 2 aliphatic rings. The third-order valence-corrected chi connectivity index (χ3v) is 4.75. The number of hydrogen-bond acceptors (Lipinski definition) is 4. The van der Waals surface area contributed by atoms with Crippen LogP contribution in [0.25, 0.3) is 0 Å². The Morgan fingerprint density at radius 1 is 1.17 bits per heavy atom. The van der Waals surface area contributed by atoms with Crippen molar-refractivity contribution in [3.05, 3.63) is 34.4 Å². The number of rotatable bonds is 4. The number of halogens is 1. The lowest BCUT2D eigenvalue weighted by atomic mass is 9.93. The van der Waals surface area contributed by atoms with Crippen LogP contribution in [0.1, 0.15) is 39.5 Å². The van der Waals surface area contributed by atoms with Gasteiger partial charge in [0, 0.05) is 17.2 Å². The summed E-state index contributed by atoms with van der Waals surface area (Å²) in [6, 6.07) is 4.72. The molecule has 5 nitrogen and oxygen atoms in total. The number of Topliss-reactive ketones (excluding diaryl/α,β-unsaturated/α-hetero) is 1. The van der Waals surface area contributed by atoms with E-state index >= 15 is 0 Å². The number of ketones is 1. The summed E-state index contributed by atoms with van der Waals surface area (Å²) in [5, 5.41) is 0.323. The van der Waals surface area contributed by atoms with Gasteiger partial charge in [-0.15, -0.1) is 0 Å². The third-order valence-electron chi connectivity index (χ3n) is 4.44. The van der Waals surface area contributed by atoms with Crippen LogP contribution in [0.4, 0.5) is 5.69 Å². The largest absolute Gasteiger partial charge is 0.481 e. The number of benzene rings is 1. The molecule has 1 aromatic rings. The van der Waals surface area contributed by atoms with Crippen molar-refractivity contribution >= 4 is 34.9 Å². The molecule has 0 N–H and O–H groups in total. The van der Waals surface area contributed by atoms with Gasteiger partial charge < -0.3 is 4.74 Å². The van der Waals surface area contributed by atoms with Crippen LogP contribution in [-0.4, -0.2) is 23.7 Å². The van der Waals surface area contributed by atoms with Crippen LogP contribution in [0.2, 0.25) is 5.02 Å². The summed E-state index contributed by atoms with van der Waals surface area (Å²) in [6.45, 7) is 3.05. The first-order valence-corrected chi connectivity index (χ1v) is 8.35. The molecule has 1 unspecified atom stereocenters. The van der Waals surface area contributed by atoms with Gasteiger partial charge in [-0.1, -0.05) is 11.6 Å². The van der Waals surface area contributed by atoms with Gasteiger partial charge in [0.15, 0.2) is 11.9 Å². The number of anilines is 1. The van der Waals surface area contributed by atoms with Gasteiger partial charge in [-0.25, -0.2) is 4.90 Å². The summed E-state index contributed by atoms with van der Waals surface area (Å²) < 4.78 is 5.55. The van der Waals surface area contributed by atoms with Crippen molar-refractivity contribution in [2.45, 2.75) is 45.6 Å². The zero-order chi connectivity index (χ0) is 17.4. The van der Waals surface area contributed by atoms with Crippen molar-refractivity contribution in [1.29, 1.82) is 0 Å². The van der Waals surface area contributed by atoms with E-state index in [0.717, 1.165) is 12.8 Å². The minimum absolute atomic E-state index is 0.137. The molecule has 0 bridgehead atoms. The Balaban J connectivity index is 1.92. The lowest BCUT2D eigenvalue weighted by Crippen LogP contribution is -2.31. The second kappa shape index (κ2) is 6.40. The molecule has 126 valence electrons. The summed E-state index contributed by atoms with van der Waals surface area (Å²) >= 11 is 6.11. The van der Waals surface area contributed by atoms with E-state index in [4.69, 9.17) is 16.3 Å². The first kappa shape index (κ1) is 16.7. The topological polar surface area (TPSA) is 63.7 Å². The first-order valence-electron chi connectivity index (χ1n) is 7.97. The van der Waals surface area contributed by atoms with Gasteiger partial charge in [-0.05, 0) is 51.7 Å². The van der Waals surface area contributed by atoms with Gasteiger partial charge >= 0.3 is 0 Å². The molecule has 0 radical (unpaired) electrons. The summed E-state index contributed by atoms with van der Waals surface area (Å²) in [7, 11) is 0. The van der Waals surface area contributed by atoms with Crippen molar-refractivity contribution in [2.24, 2.45) is 0 Å². The zero-order valence-corrected chi connectivity index (χ0v) is 14.4. The Kier molecular flexibility index (Phi) is 4.45. The van der Waals surface area contributed by atoms with Crippen molar-refractivity contribution in [3.63, 3.8) is 0 Å². The van der Waals surface area contributed by atoms with Gasteiger partial charge in [0.2, 0.25) is 0 Å². The molecule has 0 spiro atoms. The maximum absolute atomic E-state index is 12.6. The van der Waals surface area contributed by atoms with Crippen LogP contribution in [0, 0.1) is 0 Å². The second-order valence-electron chi connectivity index (χ2n) is 6.10. The highest BCUT2D eigenvalue weighted by molar-refractivity contribution is 6.34. The molecule has 0 aromatic heterocycles. The van der Waals surface area contributed by atoms with Gasteiger partial charge in [-0.3, -0.25) is 14.4 Å². The Labute approximate surface area is 145 Å². The molecule has 1 aromatic carbocycles. The molecule has 0 saturated heterocycles. The summed E-state index contributed by atoms with van der Waals surface area (Å²) in [5.41, 5.74) is 1.66. The van der Waals surface area contributed by atoms with Gasteiger partial charge in [0.25, 0.3) is 11.8 Å². The molecule has 24 heavy (non-hydrogen) atoms. The van der Waals surface area contributed by atoms with E-state index in [1.807, 2.05) is 0 Å². The second-order valence-corrected chi connectivity index (χ2v) is 6.50. The maximum atomic E-state index is 12.6. The minimum Gasteiger partial charge on any atom is -0.481 e. The fraction of sp³-hybridized carbons (Fsp3) is 0.389.